The van der Waals surface area contributed by atoms with E-state index < -0.39 is 11.8 Å². The number of carbonyl (C=O) groups is 2. The molecular formula is C18H22N2O3. The van der Waals surface area contributed by atoms with E-state index in [9.17, 15) is 9.59 Å². The minimum absolute atomic E-state index is 0.168. The molecule has 2 aromatic rings. The average Bonchev–Trinajstić information content (AvgIpc) is 2.54. The molecule has 0 saturated carbocycles. The van der Waals surface area contributed by atoms with Crippen LogP contribution in [0.25, 0.3) is 10.8 Å². The van der Waals surface area contributed by atoms with Crippen molar-refractivity contribution in [2.24, 2.45) is 0 Å². The van der Waals surface area contributed by atoms with Gasteiger partial charge in [-0.3, -0.25) is 9.59 Å². The van der Waals surface area contributed by atoms with Crippen molar-refractivity contribution in [2.75, 3.05) is 18.5 Å². The number of nitrogens with one attached hydrogen (secondary N) is 2. The SMILES string of the molecule is CC(C)OCCCNC(=O)C(=O)Nc1ccc2ccccc2c1. The lowest BCUT2D eigenvalue weighted by molar-refractivity contribution is -0.136. The Hall–Kier alpha value is -2.40. The minimum Gasteiger partial charge on any atom is -0.379 e. The first-order chi connectivity index (χ1) is 11.1. The molecule has 0 atom stereocenters. The van der Waals surface area contributed by atoms with Gasteiger partial charge in [0.05, 0.1) is 6.10 Å². The molecule has 0 spiro atoms. The van der Waals surface area contributed by atoms with Crippen molar-refractivity contribution in [3.63, 3.8) is 0 Å². The summed E-state index contributed by atoms with van der Waals surface area (Å²) in [5.74, 6) is -1.30. The van der Waals surface area contributed by atoms with E-state index in [2.05, 4.69) is 10.6 Å². The Morgan fingerprint density at radius 1 is 1.04 bits per heavy atom. The van der Waals surface area contributed by atoms with Crippen LogP contribution in [-0.4, -0.2) is 31.1 Å². The number of ether oxygens (including phenoxy) is 1. The van der Waals surface area contributed by atoms with E-state index in [0.29, 0.717) is 25.3 Å². The molecule has 5 nitrogen and oxygen atoms in total. The molecule has 23 heavy (non-hydrogen) atoms. The first kappa shape index (κ1) is 17.0. The highest BCUT2D eigenvalue weighted by molar-refractivity contribution is 6.39. The van der Waals surface area contributed by atoms with Crippen LogP contribution in [0.4, 0.5) is 5.69 Å². The summed E-state index contributed by atoms with van der Waals surface area (Å²) in [6.45, 7) is 4.88. The molecule has 2 amide bonds. The lowest BCUT2D eigenvalue weighted by Gasteiger charge is -2.09. The standard InChI is InChI=1S/C18H22N2O3/c1-13(2)23-11-5-10-19-17(21)18(22)20-16-9-8-14-6-3-4-7-15(14)12-16/h3-4,6-9,12-13H,5,10-11H2,1-2H3,(H,19,21)(H,20,22). The molecule has 5 heteroatoms. The molecule has 0 radical (unpaired) electrons. The number of benzene rings is 2. The van der Waals surface area contributed by atoms with Crippen molar-refractivity contribution in [2.45, 2.75) is 26.4 Å². The van der Waals surface area contributed by atoms with Crippen LogP contribution in [0.3, 0.4) is 0 Å². The summed E-state index contributed by atoms with van der Waals surface area (Å²) >= 11 is 0. The van der Waals surface area contributed by atoms with Gasteiger partial charge in [-0.1, -0.05) is 30.3 Å². The third-order valence-corrected chi connectivity index (χ3v) is 3.27. The summed E-state index contributed by atoms with van der Waals surface area (Å²) < 4.78 is 5.37. The molecule has 0 aliphatic heterocycles. The Morgan fingerprint density at radius 2 is 1.78 bits per heavy atom. The molecule has 122 valence electrons. The maximum Gasteiger partial charge on any atom is 0.313 e. The number of hydrogen-bond acceptors (Lipinski definition) is 3. The van der Waals surface area contributed by atoms with Gasteiger partial charge in [-0.15, -0.1) is 0 Å². The number of amides is 2. The lowest BCUT2D eigenvalue weighted by atomic mass is 10.1. The zero-order valence-electron chi connectivity index (χ0n) is 13.5. The van der Waals surface area contributed by atoms with E-state index in [0.717, 1.165) is 10.8 Å². The Morgan fingerprint density at radius 3 is 2.52 bits per heavy atom. The molecule has 2 rings (SSSR count). The topological polar surface area (TPSA) is 67.4 Å². The second-order valence-electron chi connectivity index (χ2n) is 5.55. The van der Waals surface area contributed by atoms with Crippen LogP contribution >= 0.6 is 0 Å². The first-order valence-electron chi connectivity index (χ1n) is 7.76. The third kappa shape index (κ3) is 5.38. The van der Waals surface area contributed by atoms with Crippen molar-refractivity contribution in [3.05, 3.63) is 42.5 Å². The van der Waals surface area contributed by atoms with Crippen LogP contribution in [0.1, 0.15) is 20.3 Å². The van der Waals surface area contributed by atoms with Gasteiger partial charge in [-0.25, -0.2) is 0 Å². The van der Waals surface area contributed by atoms with E-state index in [4.69, 9.17) is 4.74 Å². The second kappa shape index (κ2) is 8.29. The largest absolute Gasteiger partial charge is 0.379 e. The molecular weight excluding hydrogens is 292 g/mol. The highest BCUT2D eigenvalue weighted by atomic mass is 16.5. The Labute approximate surface area is 136 Å². The summed E-state index contributed by atoms with van der Waals surface area (Å²) in [6.07, 6.45) is 0.842. The van der Waals surface area contributed by atoms with Crippen LogP contribution in [0.15, 0.2) is 42.5 Å². The fourth-order valence-electron chi connectivity index (χ4n) is 2.13. The van der Waals surface area contributed by atoms with E-state index in [1.165, 1.54) is 0 Å². The van der Waals surface area contributed by atoms with Gasteiger partial charge >= 0.3 is 11.8 Å². The number of carbonyl (C=O) groups excluding carboxylic acids is 2. The molecule has 0 heterocycles. The van der Waals surface area contributed by atoms with Gasteiger partial charge in [0.2, 0.25) is 0 Å². The smallest absolute Gasteiger partial charge is 0.313 e. The molecule has 0 aliphatic carbocycles. The summed E-state index contributed by atoms with van der Waals surface area (Å²) in [4.78, 5) is 23.6. The van der Waals surface area contributed by atoms with Crippen molar-refractivity contribution in [1.82, 2.24) is 5.32 Å². The molecule has 0 bridgehead atoms. The molecule has 0 aromatic heterocycles. The quantitative estimate of drug-likeness (QED) is 0.636. The fourth-order valence-corrected chi connectivity index (χ4v) is 2.13. The van der Waals surface area contributed by atoms with E-state index >= 15 is 0 Å². The number of anilines is 1. The molecule has 0 unspecified atom stereocenters. The maximum atomic E-state index is 11.9. The lowest BCUT2D eigenvalue weighted by Crippen LogP contribution is -2.36. The van der Waals surface area contributed by atoms with Gasteiger partial charge in [0.25, 0.3) is 0 Å². The Bertz CT molecular complexity index is 683. The van der Waals surface area contributed by atoms with Crippen molar-refractivity contribution < 1.29 is 14.3 Å². The molecule has 0 saturated heterocycles. The van der Waals surface area contributed by atoms with Crippen LogP contribution in [0.2, 0.25) is 0 Å². The predicted octanol–water partition coefficient (Wildman–Crippen LogP) is 2.71. The van der Waals surface area contributed by atoms with Crippen LogP contribution in [0.5, 0.6) is 0 Å². The number of hydrogen-bond donors (Lipinski definition) is 2. The van der Waals surface area contributed by atoms with Crippen LogP contribution in [0, 0.1) is 0 Å². The molecule has 2 N–H and O–H groups in total. The zero-order chi connectivity index (χ0) is 16.7. The maximum absolute atomic E-state index is 11.9. The Balaban J connectivity index is 1.81. The summed E-state index contributed by atoms with van der Waals surface area (Å²) in [7, 11) is 0. The van der Waals surface area contributed by atoms with Crippen LogP contribution < -0.4 is 10.6 Å². The third-order valence-electron chi connectivity index (χ3n) is 3.27. The normalized spacial score (nSPS) is 10.7. The van der Waals surface area contributed by atoms with Gasteiger partial charge in [0.1, 0.15) is 0 Å². The second-order valence-corrected chi connectivity index (χ2v) is 5.55. The average molecular weight is 314 g/mol. The van der Waals surface area contributed by atoms with Gasteiger partial charge in [0, 0.05) is 18.8 Å². The first-order valence-corrected chi connectivity index (χ1v) is 7.76. The van der Waals surface area contributed by atoms with E-state index in [1.807, 2.05) is 50.2 Å². The fraction of sp³-hybridized carbons (Fsp3) is 0.333. The van der Waals surface area contributed by atoms with Crippen LogP contribution in [-0.2, 0) is 14.3 Å². The number of rotatable bonds is 6. The predicted molar refractivity (Wildman–Crippen MR) is 91.3 cm³/mol. The summed E-state index contributed by atoms with van der Waals surface area (Å²) in [5.41, 5.74) is 0.604. The zero-order valence-corrected chi connectivity index (χ0v) is 13.5. The van der Waals surface area contributed by atoms with Crippen molar-refractivity contribution in [3.8, 4) is 0 Å². The number of fused-ring (bicyclic) bond motifs is 1. The molecule has 2 aromatic carbocycles. The highest BCUT2D eigenvalue weighted by Crippen LogP contribution is 2.18. The van der Waals surface area contributed by atoms with Gasteiger partial charge in [-0.05, 0) is 43.2 Å². The van der Waals surface area contributed by atoms with Gasteiger partial charge in [0.15, 0.2) is 0 Å². The van der Waals surface area contributed by atoms with Gasteiger partial charge in [-0.2, -0.15) is 0 Å². The van der Waals surface area contributed by atoms with Crippen molar-refractivity contribution >= 4 is 28.3 Å². The van der Waals surface area contributed by atoms with Gasteiger partial charge < -0.3 is 15.4 Å². The summed E-state index contributed by atoms with van der Waals surface area (Å²) in [6, 6.07) is 13.4. The Kier molecular flexibility index (Phi) is 6.11. The molecule has 0 fully saturated rings. The van der Waals surface area contributed by atoms with E-state index in [1.54, 1.807) is 6.07 Å². The monoisotopic (exact) mass is 314 g/mol. The van der Waals surface area contributed by atoms with E-state index in [-0.39, 0.29) is 6.10 Å². The minimum atomic E-state index is -0.662. The molecule has 0 aliphatic rings. The highest BCUT2D eigenvalue weighted by Gasteiger charge is 2.13. The summed E-state index contributed by atoms with van der Waals surface area (Å²) in [5, 5.41) is 7.29. The van der Waals surface area contributed by atoms with Crippen molar-refractivity contribution in [1.29, 1.82) is 0 Å².